The average molecular weight is 409 g/mol. The molecule has 0 aliphatic carbocycles. The van der Waals surface area contributed by atoms with Crippen LogP contribution < -0.4 is 25.4 Å². The Bertz CT molecular complexity index is 1320. The van der Waals surface area contributed by atoms with Crippen LogP contribution in [0.15, 0.2) is 46.4 Å². The van der Waals surface area contributed by atoms with Crippen LogP contribution in [0, 0.1) is 5.92 Å². The molecule has 0 saturated carbocycles. The lowest BCUT2D eigenvalue weighted by molar-refractivity contribution is -0.133. The van der Waals surface area contributed by atoms with Crippen LogP contribution in [0.2, 0.25) is 0 Å². The Labute approximate surface area is 169 Å². The number of ether oxygens (including phenoxy) is 1. The van der Waals surface area contributed by atoms with Gasteiger partial charge in [-0.2, -0.15) is 5.10 Å². The highest BCUT2D eigenvalue weighted by molar-refractivity contribution is 7.07. The normalized spacial score (nSPS) is 25.0. The second-order valence-corrected chi connectivity index (χ2v) is 8.34. The molecule has 2 N–H and O–H groups in total. The first-order valence-corrected chi connectivity index (χ1v) is 10.2. The van der Waals surface area contributed by atoms with E-state index in [9.17, 15) is 9.59 Å². The van der Waals surface area contributed by atoms with E-state index < -0.39 is 23.6 Å². The van der Waals surface area contributed by atoms with Gasteiger partial charge in [-0.25, -0.2) is 4.99 Å². The first kappa shape index (κ1) is 17.9. The fourth-order valence-electron chi connectivity index (χ4n) is 4.15. The molecular weight excluding hydrogens is 390 g/mol. The summed E-state index contributed by atoms with van der Waals surface area (Å²) in [5, 5.41) is 4.25. The van der Waals surface area contributed by atoms with Gasteiger partial charge in [-0.15, -0.1) is 0 Å². The first-order chi connectivity index (χ1) is 13.9. The van der Waals surface area contributed by atoms with Gasteiger partial charge in [0.25, 0.3) is 5.56 Å². The highest BCUT2D eigenvalue weighted by atomic mass is 32.1. The second-order valence-electron chi connectivity index (χ2n) is 7.33. The van der Waals surface area contributed by atoms with Crippen molar-refractivity contribution in [3.8, 4) is 5.75 Å². The number of hydrogen-bond donors (Lipinski definition) is 1. The van der Waals surface area contributed by atoms with Crippen LogP contribution in [0.4, 0.5) is 0 Å². The summed E-state index contributed by atoms with van der Waals surface area (Å²) in [5.41, 5.74) is 5.98. The SMILES string of the molecule is CCn1cc(C=c2sc3n(c2=O)C2c4ccccc4OC(C)(N=3)C2C(N)=O)cn1. The molecule has 2 aromatic heterocycles. The molecule has 4 heterocycles. The predicted octanol–water partition coefficient (Wildman–Crippen LogP) is 0.388. The number of rotatable bonds is 3. The van der Waals surface area contributed by atoms with Gasteiger partial charge in [0.1, 0.15) is 11.7 Å². The number of nitrogens with zero attached hydrogens (tertiary/aromatic N) is 4. The van der Waals surface area contributed by atoms with E-state index in [1.54, 1.807) is 28.4 Å². The van der Waals surface area contributed by atoms with E-state index in [0.717, 1.165) is 17.7 Å². The van der Waals surface area contributed by atoms with Crippen LogP contribution in [-0.2, 0) is 11.3 Å². The maximum atomic E-state index is 13.3. The third-order valence-electron chi connectivity index (χ3n) is 5.46. The molecule has 0 fully saturated rings. The average Bonchev–Trinajstić information content (AvgIpc) is 3.25. The fourth-order valence-corrected chi connectivity index (χ4v) is 5.25. The summed E-state index contributed by atoms with van der Waals surface area (Å²) in [5.74, 6) is -0.720. The Morgan fingerprint density at radius 2 is 2.21 bits per heavy atom. The predicted molar refractivity (Wildman–Crippen MR) is 107 cm³/mol. The van der Waals surface area contributed by atoms with E-state index in [0.29, 0.717) is 15.1 Å². The molecule has 2 aliphatic heterocycles. The van der Waals surface area contributed by atoms with E-state index in [4.69, 9.17) is 10.5 Å². The van der Waals surface area contributed by atoms with Gasteiger partial charge in [0, 0.05) is 23.9 Å². The molecule has 5 rings (SSSR count). The number of carbonyl (C=O) groups excluding carboxylic acids is 1. The maximum absolute atomic E-state index is 13.3. The largest absolute Gasteiger partial charge is 0.465 e. The molecule has 0 spiro atoms. The molecule has 29 heavy (non-hydrogen) atoms. The molecular formula is C20H19N5O3S. The third kappa shape index (κ3) is 2.57. The number of benzene rings is 1. The molecule has 8 nitrogen and oxygen atoms in total. The summed E-state index contributed by atoms with van der Waals surface area (Å²) < 4.78 is 10.0. The summed E-state index contributed by atoms with van der Waals surface area (Å²) in [7, 11) is 0. The minimum Gasteiger partial charge on any atom is -0.465 e. The summed E-state index contributed by atoms with van der Waals surface area (Å²) in [6.07, 6.45) is 5.39. The molecule has 0 saturated heterocycles. The number of para-hydroxylation sites is 1. The van der Waals surface area contributed by atoms with Crippen molar-refractivity contribution in [2.45, 2.75) is 32.2 Å². The number of carbonyl (C=O) groups is 1. The zero-order valence-electron chi connectivity index (χ0n) is 15.9. The van der Waals surface area contributed by atoms with Crippen molar-refractivity contribution in [3.05, 3.63) is 67.5 Å². The van der Waals surface area contributed by atoms with Crippen LogP contribution in [0.1, 0.15) is 31.0 Å². The molecule has 2 aliphatic rings. The number of hydrogen-bond acceptors (Lipinski definition) is 6. The van der Waals surface area contributed by atoms with E-state index in [-0.39, 0.29) is 5.56 Å². The van der Waals surface area contributed by atoms with Gasteiger partial charge in [-0.3, -0.25) is 18.8 Å². The quantitative estimate of drug-likeness (QED) is 0.676. The summed E-state index contributed by atoms with van der Waals surface area (Å²) in [6.45, 7) is 4.49. The molecule has 2 bridgehead atoms. The molecule has 3 unspecified atom stereocenters. The number of primary amides is 1. The van der Waals surface area contributed by atoms with E-state index in [1.807, 2.05) is 37.4 Å². The van der Waals surface area contributed by atoms with Crippen LogP contribution in [0.3, 0.4) is 0 Å². The van der Waals surface area contributed by atoms with Gasteiger partial charge < -0.3 is 10.5 Å². The Balaban J connectivity index is 1.78. The van der Waals surface area contributed by atoms with Crippen molar-refractivity contribution in [3.63, 3.8) is 0 Å². The number of aromatic nitrogens is 3. The van der Waals surface area contributed by atoms with Crippen molar-refractivity contribution >= 4 is 23.3 Å². The minimum absolute atomic E-state index is 0.201. The van der Waals surface area contributed by atoms with Gasteiger partial charge in [-0.1, -0.05) is 29.5 Å². The van der Waals surface area contributed by atoms with Crippen LogP contribution in [-0.4, -0.2) is 26.0 Å². The second kappa shape index (κ2) is 6.15. The molecule has 0 radical (unpaired) electrons. The number of thiazole rings is 1. The molecule has 3 atom stereocenters. The van der Waals surface area contributed by atoms with Crippen molar-refractivity contribution in [1.82, 2.24) is 14.3 Å². The first-order valence-electron chi connectivity index (χ1n) is 9.34. The number of fused-ring (bicyclic) bond motifs is 6. The van der Waals surface area contributed by atoms with Gasteiger partial charge in [0.05, 0.1) is 16.8 Å². The summed E-state index contributed by atoms with van der Waals surface area (Å²) in [4.78, 5) is 30.9. The smallest absolute Gasteiger partial charge is 0.270 e. The fraction of sp³-hybridized carbons (Fsp3) is 0.300. The molecule has 148 valence electrons. The molecule has 1 amide bonds. The lowest BCUT2D eigenvalue weighted by Gasteiger charge is -2.44. The third-order valence-corrected chi connectivity index (χ3v) is 6.44. The van der Waals surface area contributed by atoms with Crippen molar-refractivity contribution in [2.24, 2.45) is 16.6 Å². The van der Waals surface area contributed by atoms with Crippen molar-refractivity contribution in [1.29, 1.82) is 0 Å². The summed E-state index contributed by atoms with van der Waals surface area (Å²) >= 11 is 1.28. The Morgan fingerprint density at radius 3 is 2.93 bits per heavy atom. The zero-order valence-corrected chi connectivity index (χ0v) is 16.7. The maximum Gasteiger partial charge on any atom is 0.270 e. The number of aryl methyl sites for hydroxylation is 1. The number of nitrogens with two attached hydrogens (primary N) is 1. The van der Waals surface area contributed by atoms with Crippen molar-refractivity contribution in [2.75, 3.05) is 0 Å². The minimum atomic E-state index is -1.16. The van der Waals surface area contributed by atoms with Crippen LogP contribution >= 0.6 is 11.3 Å². The van der Waals surface area contributed by atoms with E-state index in [2.05, 4.69) is 10.1 Å². The summed E-state index contributed by atoms with van der Waals surface area (Å²) in [6, 6.07) is 6.84. The Kier molecular flexibility index (Phi) is 3.79. The van der Waals surface area contributed by atoms with E-state index >= 15 is 0 Å². The highest BCUT2D eigenvalue weighted by Crippen LogP contribution is 2.46. The van der Waals surface area contributed by atoms with Crippen molar-refractivity contribution < 1.29 is 9.53 Å². The van der Waals surface area contributed by atoms with Gasteiger partial charge >= 0.3 is 0 Å². The molecule has 1 aromatic carbocycles. The van der Waals surface area contributed by atoms with Crippen LogP contribution in [0.5, 0.6) is 5.75 Å². The van der Waals surface area contributed by atoms with Gasteiger partial charge in [0.2, 0.25) is 11.6 Å². The van der Waals surface area contributed by atoms with Gasteiger partial charge in [-0.05, 0) is 26.0 Å². The van der Waals surface area contributed by atoms with Gasteiger partial charge in [0.15, 0.2) is 4.80 Å². The molecule has 9 heteroatoms. The van der Waals surface area contributed by atoms with E-state index in [1.165, 1.54) is 11.3 Å². The molecule has 3 aromatic rings. The lowest BCUT2D eigenvalue weighted by Crippen LogP contribution is -2.59. The lowest BCUT2D eigenvalue weighted by atomic mass is 9.81. The monoisotopic (exact) mass is 409 g/mol. The Morgan fingerprint density at radius 1 is 1.41 bits per heavy atom. The standard InChI is InChI=1S/C20H19N5O3S/c1-3-24-10-11(9-22-24)8-14-18(27)25-16-12-6-4-5-7-13(12)28-20(2,15(16)17(21)26)23-19(25)29-14/h4-10,15-16H,3H2,1-2H3,(H2,21,26). The highest BCUT2D eigenvalue weighted by Gasteiger charge is 2.54. The van der Waals surface area contributed by atoms with Crippen LogP contribution in [0.25, 0.3) is 6.08 Å². The topological polar surface area (TPSA) is 104 Å². The number of amides is 1. The Hall–Kier alpha value is -3.20. The zero-order chi connectivity index (χ0) is 20.3.